The zero-order valence-electron chi connectivity index (χ0n) is 19.4. The first-order valence-electron chi connectivity index (χ1n) is 10.6. The third kappa shape index (κ3) is 5.02. The lowest BCUT2D eigenvalue weighted by Crippen LogP contribution is -2.27. The van der Waals surface area contributed by atoms with Crippen molar-refractivity contribution in [2.75, 3.05) is 26.3 Å². The SMILES string of the molecule is COc1cc(/C=N/N(C(=O)Cc2ccccc2)c2nc3ccc(C)cc3s2)cc(OC)c1OC. The van der Waals surface area contributed by atoms with E-state index >= 15 is 0 Å². The monoisotopic (exact) mass is 475 g/mol. The van der Waals surface area contributed by atoms with Crippen molar-refractivity contribution in [3.05, 3.63) is 77.4 Å². The summed E-state index contributed by atoms with van der Waals surface area (Å²) in [5.74, 6) is 1.30. The Morgan fingerprint density at radius 3 is 2.35 bits per heavy atom. The molecule has 4 rings (SSSR count). The standard InChI is InChI=1S/C26H25N3O4S/c1-17-10-11-20-23(12-17)34-26(28-20)29(24(30)15-18-8-6-5-7-9-18)27-16-19-13-21(31-2)25(33-4)22(14-19)32-3/h5-14,16H,15H2,1-4H3/b27-16+. The number of hydrazone groups is 1. The number of rotatable bonds is 8. The number of fused-ring (bicyclic) bond motifs is 1. The predicted molar refractivity (Wildman–Crippen MR) is 136 cm³/mol. The van der Waals surface area contributed by atoms with Crippen LogP contribution in [0.5, 0.6) is 17.2 Å². The number of anilines is 1. The van der Waals surface area contributed by atoms with E-state index in [9.17, 15) is 4.79 Å². The summed E-state index contributed by atoms with van der Waals surface area (Å²) in [5, 5.41) is 6.40. The number of aryl methyl sites for hydroxylation is 1. The highest BCUT2D eigenvalue weighted by Gasteiger charge is 2.20. The van der Waals surface area contributed by atoms with Gasteiger partial charge in [-0.05, 0) is 42.3 Å². The molecular weight excluding hydrogens is 450 g/mol. The molecule has 7 nitrogen and oxygen atoms in total. The van der Waals surface area contributed by atoms with E-state index in [1.165, 1.54) is 16.3 Å². The van der Waals surface area contributed by atoms with Crippen molar-refractivity contribution in [1.29, 1.82) is 0 Å². The number of hydrogen-bond acceptors (Lipinski definition) is 7. The van der Waals surface area contributed by atoms with Crippen LogP contribution < -0.4 is 19.2 Å². The third-order valence-corrected chi connectivity index (χ3v) is 6.15. The second kappa shape index (κ2) is 10.4. The van der Waals surface area contributed by atoms with Crippen molar-refractivity contribution in [2.45, 2.75) is 13.3 Å². The molecule has 0 spiro atoms. The number of carbonyl (C=O) groups is 1. The van der Waals surface area contributed by atoms with Gasteiger partial charge in [0.2, 0.25) is 10.9 Å². The van der Waals surface area contributed by atoms with Crippen LogP contribution in [0.15, 0.2) is 65.8 Å². The predicted octanol–water partition coefficient (Wildman–Crippen LogP) is 5.24. The summed E-state index contributed by atoms with van der Waals surface area (Å²) >= 11 is 1.43. The first-order valence-corrected chi connectivity index (χ1v) is 11.4. The minimum Gasteiger partial charge on any atom is -0.493 e. The summed E-state index contributed by atoms with van der Waals surface area (Å²) in [4.78, 5) is 18.0. The van der Waals surface area contributed by atoms with E-state index in [1.807, 2.05) is 49.4 Å². The molecule has 0 N–H and O–H groups in total. The Morgan fingerprint density at radius 2 is 1.71 bits per heavy atom. The zero-order valence-corrected chi connectivity index (χ0v) is 20.3. The molecule has 4 aromatic rings. The van der Waals surface area contributed by atoms with E-state index in [2.05, 4.69) is 16.2 Å². The summed E-state index contributed by atoms with van der Waals surface area (Å²) in [6.45, 7) is 2.03. The Balaban J connectivity index is 1.73. The van der Waals surface area contributed by atoms with Crippen LogP contribution in [0.4, 0.5) is 5.13 Å². The largest absolute Gasteiger partial charge is 0.493 e. The Morgan fingerprint density at radius 1 is 1.00 bits per heavy atom. The zero-order chi connectivity index (χ0) is 24.1. The van der Waals surface area contributed by atoms with E-state index in [1.54, 1.807) is 39.7 Å². The lowest BCUT2D eigenvalue weighted by atomic mass is 10.1. The molecule has 0 unspecified atom stereocenters. The van der Waals surface area contributed by atoms with Gasteiger partial charge in [-0.25, -0.2) is 4.98 Å². The van der Waals surface area contributed by atoms with Gasteiger partial charge >= 0.3 is 0 Å². The molecule has 0 bridgehead atoms. The lowest BCUT2D eigenvalue weighted by molar-refractivity contribution is -0.118. The molecule has 34 heavy (non-hydrogen) atoms. The molecule has 0 aliphatic rings. The summed E-state index contributed by atoms with van der Waals surface area (Å²) in [6, 6.07) is 19.1. The normalized spacial score (nSPS) is 11.1. The van der Waals surface area contributed by atoms with Crippen molar-refractivity contribution in [3.8, 4) is 17.2 Å². The van der Waals surface area contributed by atoms with Gasteiger partial charge in [-0.1, -0.05) is 47.7 Å². The van der Waals surface area contributed by atoms with Crippen molar-refractivity contribution < 1.29 is 19.0 Å². The number of aromatic nitrogens is 1. The first kappa shape index (κ1) is 23.3. The maximum Gasteiger partial charge on any atom is 0.253 e. The second-order valence-corrected chi connectivity index (χ2v) is 8.55. The minimum atomic E-state index is -0.189. The summed E-state index contributed by atoms with van der Waals surface area (Å²) in [5.41, 5.74) is 3.54. The maximum absolute atomic E-state index is 13.3. The summed E-state index contributed by atoms with van der Waals surface area (Å²) in [7, 11) is 4.65. The quantitative estimate of drug-likeness (QED) is 0.257. The van der Waals surface area contributed by atoms with Gasteiger partial charge in [0.25, 0.3) is 5.91 Å². The molecule has 0 saturated carbocycles. The highest BCUT2D eigenvalue weighted by Crippen LogP contribution is 2.38. The first-order chi connectivity index (χ1) is 16.5. The average Bonchev–Trinajstić information content (AvgIpc) is 3.26. The van der Waals surface area contributed by atoms with Gasteiger partial charge in [0.05, 0.1) is 44.2 Å². The van der Waals surface area contributed by atoms with Crippen LogP contribution in [0.1, 0.15) is 16.7 Å². The molecule has 174 valence electrons. The van der Waals surface area contributed by atoms with Gasteiger partial charge in [-0.2, -0.15) is 10.1 Å². The van der Waals surface area contributed by atoms with E-state index in [-0.39, 0.29) is 12.3 Å². The van der Waals surface area contributed by atoms with Crippen LogP contribution in [0.3, 0.4) is 0 Å². The Kier molecular flexibility index (Phi) is 7.08. The van der Waals surface area contributed by atoms with Crippen molar-refractivity contribution in [1.82, 2.24) is 4.98 Å². The number of benzene rings is 3. The molecule has 0 saturated heterocycles. The average molecular weight is 476 g/mol. The molecule has 3 aromatic carbocycles. The van der Waals surface area contributed by atoms with Crippen molar-refractivity contribution >= 4 is 38.8 Å². The summed E-state index contributed by atoms with van der Waals surface area (Å²) < 4.78 is 17.2. The van der Waals surface area contributed by atoms with Gasteiger partial charge in [0.1, 0.15) is 0 Å². The minimum absolute atomic E-state index is 0.189. The van der Waals surface area contributed by atoms with E-state index in [4.69, 9.17) is 14.2 Å². The van der Waals surface area contributed by atoms with E-state index in [0.717, 1.165) is 21.3 Å². The van der Waals surface area contributed by atoms with Crippen LogP contribution in [0.25, 0.3) is 10.2 Å². The van der Waals surface area contributed by atoms with Gasteiger partial charge < -0.3 is 14.2 Å². The van der Waals surface area contributed by atoms with Gasteiger partial charge in [0, 0.05) is 5.56 Å². The number of ether oxygens (including phenoxy) is 3. The number of methoxy groups -OCH3 is 3. The summed E-state index contributed by atoms with van der Waals surface area (Å²) in [6.07, 6.45) is 1.78. The van der Waals surface area contributed by atoms with Gasteiger partial charge in [0.15, 0.2) is 11.5 Å². The second-order valence-electron chi connectivity index (χ2n) is 7.54. The number of carbonyl (C=O) groups excluding carboxylic acids is 1. The molecule has 1 amide bonds. The fraction of sp³-hybridized carbons (Fsp3) is 0.192. The third-order valence-electron chi connectivity index (χ3n) is 5.16. The highest BCUT2D eigenvalue weighted by molar-refractivity contribution is 7.22. The van der Waals surface area contributed by atoms with Crippen molar-refractivity contribution in [3.63, 3.8) is 0 Å². The van der Waals surface area contributed by atoms with Crippen LogP contribution in [-0.4, -0.2) is 38.4 Å². The molecule has 8 heteroatoms. The van der Waals surface area contributed by atoms with Crippen molar-refractivity contribution in [2.24, 2.45) is 5.10 Å². The molecule has 0 aliphatic heterocycles. The number of amides is 1. The Bertz CT molecular complexity index is 1310. The van der Waals surface area contributed by atoms with Crippen LogP contribution >= 0.6 is 11.3 Å². The smallest absolute Gasteiger partial charge is 0.253 e. The molecule has 0 radical (unpaired) electrons. The lowest BCUT2D eigenvalue weighted by Gasteiger charge is -2.15. The van der Waals surface area contributed by atoms with Crippen LogP contribution in [-0.2, 0) is 11.2 Å². The maximum atomic E-state index is 13.3. The topological polar surface area (TPSA) is 73.2 Å². The van der Waals surface area contributed by atoms with Gasteiger partial charge in [-0.3, -0.25) is 4.79 Å². The molecule has 1 heterocycles. The van der Waals surface area contributed by atoms with Crippen LogP contribution in [0.2, 0.25) is 0 Å². The van der Waals surface area contributed by atoms with Gasteiger partial charge in [-0.15, -0.1) is 0 Å². The Labute approximate surface area is 202 Å². The molecule has 1 aromatic heterocycles. The van der Waals surface area contributed by atoms with E-state index in [0.29, 0.717) is 27.9 Å². The highest BCUT2D eigenvalue weighted by atomic mass is 32.1. The molecular formula is C26H25N3O4S. The molecule has 0 fully saturated rings. The molecule has 0 aliphatic carbocycles. The Hall–Kier alpha value is -3.91. The molecule has 0 atom stereocenters. The number of nitrogens with zero attached hydrogens (tertiary/aromatic N) is 3. The number of thiazole rings is 1. The number of hydrogen-bond donors (Lipinski definition) is 0. The van der Waals surface area contributed by atoms with E-state index < -0.39 is 0 Å². The fourth-order valence-electron chi connectivity index (χ4n) is 3.48. The fourth-order valence-corrected chi connectivity index (χ4v) is 4.52. The van der Waals surface area contributed by atoms with Crippen LogP contribution in [0, 0.1) is 6.92 Å².